The molecule has 1 aliphatic heterocycles. The quantitative estimate of drug-likeness (QED) is 0.667. The number of hydrogen-bond donors (Lipinski definition) is 1. The highest BCUT2D eigenvalue weighted by molar-refractivity contribution is 5.96. The summed E-state index contributed by atoms with van der Waals surface area (Å²) in [5.74, 6) is -2.50. The molecular formula is C23H20F3N3O3. The zero-order valence-electron chi connectivity index (χ0n) is 17.0. The first-order valence-corrected chi connectivity index (χ1v) is 9.98. The highest BCUT2D eigenvalue weighted by Crippen LogP contribution is 2.41. The molecule has 1 N–H and O–H groups in total. The number of fused-ring (bicyclic) bond motifs is 1. The van der Waals surface area contributed by atoms with Crippen molar-refractivity contribution in [1.29, 1.82) is 0 Å². The molecule has 9 heteroatoms. The van der Waals surface area contributed by atoms with Crippen LogP contribution in [0.5, 0.6) is 5.75 Å². The van der Waals surface area contributed by atoms with Crippen LogP contribution in [0.4, 0.5) is 13.2 Å². The molecule has 166 valence electrons. The Bertz CT molecular complexity index is 1140. The third-order valence-electron chi connectivity index (χ3n) is 5.79. The van der Waals surface area contributed by atoms with Gasteiger partial charge in [0.1, 0.15) is 6.04 Å². The predicted molar refractivity (Wildman–Crippen MR) is 110 cm³/mol. The number of alkyl halides is 3. The molecule has 0 fully saturated rings. The van der Waals surface area contributed by atoms with E-state index in [-0.39, 0.29) is 6.54 Å². The van der Waals surface area contributed by atoms with Crippen LogP contribution in [-0.2, 0) is 0 Å². The van der Waals surface area contributed by atoms with Gasteiger partial charge in [0.2, 0.25) is 5.43 Å². The molecule has 1 aromatic heterocycles. The van der Waals surface area contributed by atoms with E-state index in [1.807, 2.05) is 60.7 Å². The van der Waals surface area contributed by atoms with E-state index in [4.69, 9.17) is 0 Å². The van der Waals surface area contributed by atoms with E-state index in [0.29, 0.717) is 4.90 Å². The van der Waals surface area contributed by atoms with Crippen LogP contribution in [0.2, 0.25) is 0 Å². The van der Waals surface area contributed by atoms with Gasteiger partial charge >= 0.3 is 6.18 Å². The molecular weight excluding hydrogens is 423 g/mol. The SMILES string of the molecule is C[C@H](N1CC(C(c2ccccc2)c2ccccc2)n2ncc(=O)c(O)c2C1=O)C(F)(F)F. The number of carbonyl (C=O) groups excluding carboxylic acids is 1. The van der Waals surface area contributed by atoms with Crippen LogP contribution in [0.15, 0.2) is 71.7 Å². The summed E-state index contributed by atoms with van der Waals surface area (Å²) in [6.07, 6.45) is -3.81. The highest BCUT2D eigenvalue weighted by Gasteiger charge is 2.48. The Kier molecular flexibility index (Phi) is 5.50. The van der Waals surface area contributed by atoms with E-state index < -0.39 is 47.0 Å². The number of benzene rings is 2. The van der Waals surface area contributed by atoms with Crippen molar-refractivity contribution in [2.75, 3.05) is 6.54 Å². The number of hydrogen-bond acceptors (Lipinski definition) is 4. The van der Waals surface area contributed by atoms with Crippen molar-refractivity contribution >= 4 is 5.91 Å². The fraction of sp³-hybridized carbons (Fsp3) is 0.261. The predicted octanol–water partition coefficient (Wildman–Crippen LogP) is 3.73. The number of nitrogens with zero attached hydrogens (tertiary/aromatic N) is 3. The summed E-state index contributed by atoms with van der Waals surface area (Å²) < 4.78 is 42.0. The minimum absolute atomic E-state index is 0.309. The van der Waals surface area contributed by atoms with Gasteiger partial charge in [-0.1, -0.05) is 60.7 Å². The van der Waals surface area contributed by atoms with E-state index in [1.165, 1.54) is 4.68 Å². The summed E-state index contributed by atoms with van der Waals surface area (Å²) in [6.45, 7) is 0.576. The minimum Gasteiger partial charge on any atom is -0.502 e. The Labute approximate surface area is 181 Å². The van der Waals surface area contributed by atoms with Crippen LogP contribution >= 0.6 is 0 Å². The molecule has 1 amide bonds. The van der Waals surface area contributed by atoms with Crippen molar-refractivity contribution < 1.29 is 23.1 Å². The molecule has 0 radical (unpaired) electrons. The summed E-state index contributed by atoms with van der Waals surface area (Å²) in [7, 11) is 0. The first-order valence-electron chi connectivity index (χ1n) is 9.98. The van der Waals surface area contributed by atoms with Gasteiger partial charge in [0, 0.05) is 12.5 Å². The van der Waals surface area contributed by atoms with E-state index in [1.54, 1.807) is 0 Å². The molecule has 3 aromatic rings. The normalized spacial score (nSPS) is 17.3. The largest absolute Gasteiger partial charge is 0.502 e. The summed E-state index contributed by atoms with van der Waals surface area (Å²) in [6, 6.07) is 15.3. The van der Waals surface area contributed by atoms with E-state index >= 15 is 0 Å². The first kappa shape index (κ1) is 21.6. The molecule has 2 heterocycles. The fourth-order valence-electron chi connectivity index (χ4n) is 4.12. The number of amides is 1. The van der Waals surface area contributed by atoms with Crippen molar-refractivity contribution in [3.8, 4) is 5.75 Å². The van der Waals surface area contributed by atoms with Crippen LogP contribution < -0.4 is 5.43 Å². The number of aromatic nitrogens is 2. The maximum Gasteiger partial charge on any atom is 0.408 e. The van der Waals surface area contributed by atoms with Crippen molar-refractivity contribution in [3.05, 3.63) is 93.9 Å². The van der Waals surface area contributed by atoms with E-state index in [9.17, 15) is 27.9 Å². The topological polar surface area (TPSA) is 75.4 Å². The van der Waals surface area contributed by atoms with E-state index in [2.05, 4.69) is 5.10 Å². The van der Waals surface area contributed by atoms with Gasteiger partial charge in [-0.3, -0.25) is 14.3 Å². The summed E-state index contributed by atoms with van der Waals surface area (Å²) >= 11 is 0. The number of carbonyl (C=O) groups is 1. The zero-order chi connectivity index (χ0) is 23.0. The van der Waals surface area contributed by atoms with Crippen molar-refractivity contribution in [2.45, 2.75) is 31.1 Å². The highest BCUT2D eigenvalue weighted by atomic mass is 19.4. The molecule has 32 heavy (non-hydrogen) atoms. The van der Waals surface area contributed by atoms with Crippen LogP contribution in [0.3, 0.4) is 0 Å². The lowest BCUT2D eigenvalue weighted by Gasteiger charge is -2.41. The number of aromatic hydroxyl groups is 1. The maximum absolute atomic E-state index is 13.6. The van der Waals surface area contributed by atoms with Gasteiger partial charge in [-0.2, -0.15) is 18.3 Å². The van der Waals surface area contributed by atoms with Gasteiger partial charge in [-0.05, 0) is 18.1 Å². The van der Waals surface area contributed by atoms with Crippen molar-refractivity contribution in [1.82, 2.24) is 14.7 Å². The van der Waals surface area contributed by atoms with Gasteiger partial charge in [0.05, 0.1) is 12.2 Å². The van der Waals surface area contributed by atoms with Crippen LogP contribution in [0.25, 0.3) is 0 Å². The number of rotatable bonds is 4. The smallest absolute Gasteiger partial charge is 0.408 e. The lowest BCUT2D eigenvalue weighted by Crippen LogP contribution is -2.54. The van der Waals surface area contributed by atoms with Crippen molar-refractivity contribution in [2.24, 2.45) is 0 Å². The third-order valence-corrected chi connectivity index (χ3v) is 5.79. The zero-order valence-corrected chi connectivity index (χ0v) is 17.0. The first-order chi connectivity index (χ1) is 15.2. The molecule has 1 aliphatic rings. The van der Waals surface area contributed by atoms with Gasteiger partial charge in [-0.25, -0.2) is 0 Å². The second-order valence-corrected chi connectivity index (χ2v) is 7.69. The summed E-state index contributed by atoms with van der Waals surface area (Å²) in [5, 5.41) is 14.4. The molecule has 4 rings (SSSR count). The molecule has 0 aliphatic carbocycles. The lowest BCUT2D eigenvalue weighted by molar-refractivity contribution is -0.174. The van der Waals surface area contributed by atoms with Crippen LogP contribution in [-0.4, -0.2) is 44.5 Å². The average Bonchev–Trinajstić information content (AvgIpc) is 2.78. The monoisotopic (exact) mass is 443 g/mol. The molecule has 2 aromatic carbocycles. The van der Waals surface area contributed by atoms with Crippen LogP contribution in [0.1, 0.15) is 40.5 Å². The Morgan fingerprint density at radius 2 is 1.53 bits per heavy atom. The summed E-state index contributed by atoms with van der Waals surface area (Å²) in [5.41, 5.74) is 0.120. The molecule has 1 unspecified atom stereocenters. The molecule has 0 saturated heterocycles. The standard InChI is InChI=1S/C23H20F3N3O3/c1-14(23(24,25)26)28-13-17(29-20(22(28)32)21(31)18(30)12-27-29)19(15-8-4-2-5-9-15)16-10-6-3-7-11-16/h2-12,14,17,19,31H,13H2,1H3/t14-,17?/m0/s1. The molecule has 6 nitrogen and oxygen atoms in total. The molecule has 0 bridgehead atoms. The third kappa shape index (κ3) is 3.74. The Hall–Kier alpha value is -3.62. The van der Waals surface area contributed by atoms with Gasteiger partial charge in [0.25, 0.3) is 5.91 Å². The summed E-state index contributed by atoms with van der Waals surface area (Å²) in [4.78, 5) is 25.6. The van der Waals surface area contributed by atoms with Gasteiger partial charge in [-0.15, -0.1) is 0 Å². The maximum atomic E-state index is 13.6. The second kappa shape index (κ2) is 8.14. The average molecular weight is 443 g/mol. The number of halogens is 3. The fourth-order valence-corrected chi connectivity index (χ4v) is 4.12. The Morgan fingerprint density at radius 1 is 1.00 bits per heavy atom. The Morgan fingerprint density at radius 3 is 2.03 bits per heavy atom. The minimum atomic E-state index is -4.69. The molecule has 0 spiro atoms. The van der Waals surface area contributed by atoms with Crippen molar-refractivity contribution in [3.63, 3.8) is 0 Å². The molecule has 2 atom stereocenters. The molecule has 0 saturated carbocycles. The van der Waals surface area contributed by atoms with E-state index in [0.717, 1.165) is 24.2 Å². The lowest BCUT2D eigenvalue weighted by atomic mass is 9.83. The van der Waals surface area contributed by atoms with Gasteiger partial charge < -0.3 is 10.0 Å². The second-order valence-electron chi connectivity index (χ2n) is 7.69. The van der Waals surface area contributed by atoms with Crippen LogP contribution in [0, 0.1) is 0 Å². The Balaban J connectivity index is 1.95. The van der Waals surface area contributed by atoms with Gasteiger partial charge in [0.15, 0.2) is 11.4 Å².